The Balaban J connectivity index is 0.000000979. The van der Waals surface area contributed by atoms with Gasteiger partial charge in [-0.3, -0.25) is 0 Å². The molecule has 9 nitrogen and oxygen atoms in total. The molecule has 0 unspecified atom stereocenters. The SMILES string of the molecule is CCN1c2cc3c(cc2C(C)=CC1(C)C)C(c1ccccc1C(=O)OCCC(C)(C)C)=c1cc2c(cc1O3)=[N+](CC)C(C)(C)C=C2C.[O-][Cl+3]([O-])([O-])[O-]. The lowest BCUT2D eigenvalue weighted by atomic mass is 9.83. The Morgan fingerprint density at radius 1 is 0.865 bits per heavy atom. The summed E-state index contributed by atoms with van der Waals surface area (Å²) >= 11 is 0. The van der Waals surface area contributed by atoms with Gasteiger partial charge in [-0.1, -0.05) is 45.0 Å². The first-order valence-corrected chi connectivity index (χ1v) is 19.0. The van der Waals surface area contributed by atoms with Gasteiger partial charge in [0, 0.05) is 59.6 Å². The number of carbonyl (C=O) groups is 1. The lowest BCUT2D eigenvalue weighted by Gasteiger charge is -2.43. The molecule has 0 atom stereocenters. The normalized spacial score (nSPS) is 16.9. The summed E-state index contributed by atoms with van der Waals surface area (Å²) in [5.41, 5.74) is 9.25. The fraction of sp³-hybridized carbons (Fsp3) is 0.429. The zero-order valence-corrected chi connectivity index (χ0v) is 33.0. The van der Waals surface area contributed by atoms with Gasteiger partial charge in [-0.05, 0) is 94.4 Å². The molecule has 3 aromatic rings. The number of esters is 1. The van der Waals surface area contributed by atoms with Gasteiger partial charge in [-0.15, -0.1) is 10.2 Å². The number of fused-ring (bicyclic) bond motifs is 4. The third-order valence-corrected chi connectivity index (χ3v) is 10.1. The number of anilines is 1. The van der Waals surface area contributed by atoms with Crippen molar-refractivity contribution in [3.05, 3.63) is 99.1 Å². The molecule has 6 rings (SSSR count). The number of halogens is 1. The Labute approximate surface area is 309 Å². The van der Waals surface area contributed by atoms with Crippen LogP contribution in [0.5, 0.6) is 11.5 Å². The second kappa shape index (κ2) is 14.1. The fourth-order valence-corrected chi connectivity index (χ4v) is 7.88. The van der Waals surface area contributed by atoms with Crippen LogP contribution in [-0.4, -0.2) is 36.7 Å². The lowest BCUT2D eigenvalue weighted by Crippen LogP contribution is -2.68. The van der Waals surface area contributed by atoms with Crippen LogP contribution in [0.2, 0.25) is 0 Å². The van der Waals surface area contributed by atoms with E-state index < -0.39 is 10.2 Å². The van der Waals surface area contributed by atoms with Crippen LogP contribution in [0.3, 0.4) is 0 Å². The van der Waals surface area contributed by atoms with Gasteiger partial charge in [-0.25, -0.2) is 28.0 Å². The average molecular weight is 731 g/mol. The van der Waals surface area contributed by atoms with Crippen molar-refractivity contribution < 1.29 is 43.1 Å². The van der Waals surface area contributed by atoms with Gasteiger partial charge in [0.1, 0.15) is 18.0 Å². The zero-order chi connectivity index (χ0) is 38.6. The summed E-state index contributed by atoms with van der Waals surface area (Å²) in [7, 11) is -4.94. The summed E-state index contributed by atoms with van der Waals surface area (Å²) in [6.07, 6.45) is 5.50. The van der Waals surface area contributed by atoms with Crippen LogP contribution >= 0.6 is 0 Å². The number of hydrogen-bond acceptors (Lipinski definition) is 8. The van der Waals surface area contributed by atoms with Crippen molar-refractivity contribution in [1.82, 2.24) is 4.58 Å². The van der Waals surface area contributed by atoms with Crippen molar-refractivity contribution in [3.63, 3.8) is 0 Å². The predicted octanol–water partition coefficient (Wildman–Crippen LogP) is 3.60. The van der Waals surface area contributed by atoms with Gasteiger partial charge in [0.2, 0.25) is 5.36 Å². The quantitative estimate of drug-likeness (QED) is 0.217. The van der Waals surface area contributed by atoms with E-state index in [-0.39, 0.29) is 22.5 Å². The van der Waals surface area contributed by atoms with Gasteiger partial charge in [-0.2, -0.15) is 0 Å². The monoisotopic (exact) mass is 730 g/mol. The second-order valence-electron chi connectivity index (χ2n) is 16.0. The molecule has 10 heteroatoms. The van der Waals surface area contributed by atoms with Gasteiger partial charge in [0.05, 0.1) is 23.8 Å². The molecule has 0 saturated heterocycles. The van der Waals surface area contributed by atoms with Crippen LogP contribution in [0, 0.1) is 15.7 Å². The summed E-state index contributed by atoms with van der Waals surface area (Å²) in [5, 5.41) is 2.15. The maximum absolute atomic E-state index is 13.8. The number of benzene rings is 3. The molecule has 0 saturated carbocycles. The van der Waals surface area contributed by atoms with Gasteiger partial charge in [0.25, 0.3) is 0 Å². The smallest absolute Gasteiger partial charge is 0.338 e. The topological polar surface area (TPSA) is 134 Å². The minimum absolute atomic E-state index is 0.0734. The number of nitrogens with zero attached hydrogens (tertiary/aromatic N) is 2. The lowest BCUT2D eigenvalue weighted by molar-refractivity contribution is -2.00. The average Bonchev–Trinajstić information content (AvgIpc) is 3.00. The van der Waals surface area contributed by atoms with E-state index in [1.54, 1.807) is 0 Å². The summed E-state index contributed by atoms with van der Waals surface area (Å²) in [5.74, 6) is 1.31. The molecule has 3 aromatic carbocycles. The van der Waals surface area contributed by atoms with E-state index >= 15 is 0 Å². The molecule has 0 amide bonds. The molecule has 52 heavy (non-hydrogen) atoms. The van der Waals surface area contributed by atoms with Crippen molar-refractivity contribution in [2.24, 2.45) is 5.41 Å². The summed E-state index contributed by atoms with van der Waals surface area (Å²) in [6.45, 7) is 26.5. The number of hydrogen-bond donors (Lipinski definition) is 0. The number of carbonyl (C=O) groups excluding carboxylic acids is 1. The van der Waals surface area contributed by atoms with E-state index in [4.69, 9.17) is 28.1 Å². The van der Waals surface area contributed by atoms with Crippen molar-refractivity contribution >= 4 is 28.4 Å². The molecule has 0 fully saturated rings. The summed E-state index contributed by atoms with van der Waals surface area (Å²) < 4.78 is 49.3. The van der Waals surface area contributed by atoms with Crippen molar-refractivity contribution in [3.8, 4) is 11.5 Å². The van der Waals surface area contributed by atoms with Crippen LogP contribution in [-0.2, 0) is 4.74 Å². The first-order chi connectivity index (χ1) is 24.1. The van der Waals surface area contributed by atoms with Crippen LogP contribution in [0.25, 0.3) is 16.7 Å². The molecule has 0 N–H and O–H groups in total. The molecule has 0 radical (unpaired) electrons. The Hall–Kier alpha value is -3.99. The molecular weight excluding hydrogens is 680 g/mol. The van der Waals surface area contributed by atoms with E-state index in [0.717, 1.165) is 52.9 Å². The highest BCUT2D eigenvalue weighted by Gasteiger charge is 2.36. The molecular formula is C42H51ClN2O7. The molecule has 0 bridgehead atoms. The Bertz CT molecular complexity index is 2090. The van der Waals surface area contributed by atoms with E-state index in [2.05, 4.69) is 128 Å². The third kappa shape index (κ3) is 7.99. The molecule has 0 aromatic heterocycles. The molecule has 3 heterocycles. The van der Waals surface area contributed by atoms with Crippen LogP contribution < -0.4 is 43.4 Å². The summed E-state index contributed by atoms with van der Waals surface area (Å²) in [4.78, 5) is 16.2. The standard InChI is InChI=1S/C42H51N2O3.ClHO4/c1-12-43-34-22-36-32(20-30(34)26(3)24-41(43,8)9)38(28-16-14-15-17-29(28)39(45)46-19-18-40(5,6)7)33-21-31-27(4)25-42(10,11)44(13-2)35(31)23-37(33)47-36;2-1(3,4)5/h14-17,20-25H,12-13,18-19H2,1-11H3;(H,2,3,4,5)/q+1;/p-1. The van der Waals surface area contributed by atoms with Crippen LogP contribution in [0.15, 0.2) is 60.7 Å². The molecule has 3 aliphatic heterocycles. The van der Waals surface area contributed by atoms with Crippen LogP contribution in [0.4, 0.5) is 5.69 Å². The minimum atomic E-state index is -4.94. The molecule has 278 valence electrons. The van der Waals surface area contributed by atoms with E-state index in [9.17, 15) is 4.79 Å². The maximum atomic E-state index is 13.8. The maximum Gasteiger partial charge on any atom is 0.338 e. The molecule has 0 aliphatic carbocycles. The first-order valence-electron chi connectivity index (χ1n) is 17.8. The van der Waals surface area contributed by atoms with E-state index in [0.29, 0.717) is 12.2 Å². The molecule has 3 aliphatic rings. The zero-order valence-electron chi connectivity index (χ0n) is 32.2. The first kappa shape index (κ1) is 39.2. The van der Waals surface area contributed by atoms with Crippen molar-refractivity contribution in [2.75, 3.05) is 24.6 Å². The highest BCUT2D eigenvalue weighted by Crippen LogP contribution is 2.46. The van der Waals surface area contributed by atoms with E-state index in [1.165, 1.54) is 33.3 Å². The highest BCUT2D eigenvalue weighted by molar-refractivity contribution is 6.00. The number of likely N-dealkylation sites (N-methyl/N-ethyl adjacent to an activating group) is 2. The highest BCUT2D eigenvalue weighted by atomic mass is 35.7. The number of ether oxygens (including phenoxy) is 2. The van der Waals surface area contributed by atoms with Gasteiger partial charge >= 0.3 is 5.97 Å². The fourth-order valence-electron chi connectivity index (χ4n) is 7.88. The van der Waals surface area contributed by atoms with E-state index in [1.807, 2.05) is 18.2 Å². The minimum Gasteiger partial charge on any atom is -0.462 e. The van der Waals surface area contributed by atoms with Crippen molar-refractivity contribution in [2.45, 2.75) is 93.7 Å². The second-order valence-corrected chi connectivity index (χ2v) is 16.8. The van der Waals surface area contributed by atoms with Gasteiger partial charge < -0.3 is 14.4 Å². The largest absolute Gasteiger partial charge is 0.462 e. The van der Waals surface area contributed by atoms with Crippen LogP contribution in [0.1, 0.15) is 115 Å². The Morgan fingerprint density at radius 2 is 1.50 bits per heavy atom. The third-order valence-electron chi connectivity index (χ3n) is 10.1. The summed E-state index contributed by atoms with van der Waals surface area (Å²) in [6, 6.07) is 16.9. The number of allylic oxidation sites excluding steroid dienone is 2. The molecule has 0 spiro atoms. The van der Waals surface area contributed by atoms with Crippen molar-refractivity contribution in [1.29, 1.82) is 0 Å². The van der Waals surface area contributed by atoms with Gasteiger partial charge in [0.15, 0.2) is 5.54 Å². The Morgan fingerprint density at radius 3 is 2.12 bits per heavy atom. The number of rotatable bonds is 6. The Kier molecular flexibility index (Phi) is 10.6. The predicted molar refractivity (Wildman–Crippen MR) is 195 cm³/mol.